The minimum Gasteiger partial charge on any atom is -0.490 e. The van der Waals surface area contributed by atoms with E-state index in [1.165, 1.54) is 32.0 Å². The molecular weight excluding hydrogens is 242 g/mol. The van der Waals surface area contributed by atoms with E-state index in [0.717, 1.165) is 12.5 Å². The lowest BCUT2D eigenvalue weighted by Gasteiger charge is -2.27. The van der Waals surface area contributed by atoms with Gasteiger partial charge in [0.15, 0.2) is 11.6 Å². The van der Waals surface area contributed by atoms with Gasteiger partial charge in [0.1, 0.15) is 6.33 Å². The summed E-state index contributed by atoms with van der Waals surface area (Å²) in [7, 11) is 1.59. The number of nitrogens with two attached hydrogens (primary N) is 1. The van der Waals surface area contributed by atoms with Crippen LogP contribution in [0.5, 0.6) is 5.75 Å². The molecule has 1 aromatic rings. The second-order valence-electron chi connectivity index (χ2n) is 5.27. The lowest BCUT2D eigenvalue weighted by atomic mass is 9.82. The van der Waals surface area contributed by atoms with Gasteiger partial charge in [0.2, 0.25) is 5.75 Å². The van der Waals surface area contributed by atoms with Gasteiger partial charge in [-0.2, -0.15) is 0 Å². The highest BCUT2D eigenvalue weighted by molar-refractivity contribution is 5.62. The van der Waals surface area contributed by atoms with Gasteiger partial charge < -0.3 is 15.5 Å². The zero-order valence-electron chi connectivity index (χ0n) is 11.6. The fourth-order valence-electron chi connectivity index (χ4n) is 2.78. The Bertz CT molecular complexity index is 412. The van der Waals surface area contributed by atoms with Crippen LogP contribution in [-0.4, -0.2) is 23.6 Å². The maximum Gasteiger partial charge on any atom is 0.205 e. The first-order valence-electron chi connectivity index (χ1n) is 6.84. The van der Waals surface area contributed by atoms with E-state index in [1.54, 1.807) is 7.11 Å². The number of nitrogen functional groups attached to an aromatic ring is 1. The summed E-state index contributed by atoms with van der Waals surface area (Å²) in [4.78, 5) is 8.24. The largest absolute Gasteiger partial charge is 0.490 e. The smallest absolute Gasteiger partial charge is 0.205 e. The van der Waals surface area contributed by atoms with Crippen LogP contribution < -0.4 is 21.3 Å². The molecule has 1 aromatic heterocycles. The molecule has 2 rings (SSSR count). The summed E-state index contributed by atoms with van der Waals surface area (Å²) in [6, 6.07) is 0. The third-order valence-electron chi connectivity index (χ3n) is 3.75. The average Bonchev–Trinajstić information content (AvgIpc) is 2.44. The van der Waals surface area contributed by atoms with Crippen LogP contribution >= 0.6 is 0 Å². The Morgan fingerprint density at radius 3 is 2.84 bits per heavy atom. The normalized spacial score (nSPS) is 22.9. The van der Waals surface area contributed by atoms with E-state index in [2.05, 4.69) is 27.6 Å². The Labute approximate surface area is 114 Å². The van der Waals surface area contributed by atoms with E-state index in [1.807, 2.05) is 0 Å². The van der Waals surface area contributed by atoms with E-state index in [-0.39, 0.29) is 0 Å². The molecule has 2 unspecified atom stereocenters. The van der Waals surface area contributed by atoms with E-state index in [9.17, 15) is 0 Å². The predicted octanol–water partition coefficient (Wildman–Crippen LogP) is 2.01. The van der Waals surface area contributed by atoms with E-state index < -0.39 is 0 Å². The number of aromatic nitrogens is 2. The molecule has 1 saturated carbocycles. The first kappa shape index (κ1) is 13.9. The van der Waals surface area contributed by atoms with Crippen molar-refractivity contribution in [1.29, 1.82) is 0 Å². The number of hydrogen-bond donors (Lipinski definition) is 3. The second kappa shape index (κ2) is 6.56. The van der Waals surface area contributed by atoms with Crippen LogP contribution in [0.3, 0.4) is 0 Å². The molecule has 0 bridgehead atoms. The molecule has 1 fully saturated rings. The number of hydrazine groups is 1. The highest BCUT2D eigenvalue weighted by atomic mass is 16.5. The first-order valence-corrected chi connectivity index (χ1v) is 6.84. The molecule has 0 radical (unpaired) electrons. The van der Waals surface area contributed by atoms with E-state index >= 15 is 0 Å². The van der Waals surface area contributed by atoms with Gasteiger partial charge in [-0.15, -0.1) is 0 Å². The molecule has 6 nitrogen and oxygen atoms in total. The molecule has 19 heavy (non-hydrogen) atoms. The number of methoxy groups -OCH3 is 1. The third kappa shape index (κ3) is 3.47. The Kier molecular flexibility index (Phi) is 4.79. The molecule has 6 heteroatoms. The molecule has 0 saturated heterocycles. The monoisotopic (exact) mass is 265 g/mol. The van der Waals surface area contributed by atoms with Crippen molar-refractivity contribution in [2.45, 2.75) is 32.6 Å². The van der Waals surface area contributed by atoms with Crippen molar-refractivity contribution in [3.05, 3.63) is 6.33 Å². The lowest BCUT2D eigenvalue weighted by Crippen LogP contribution is -2.22. The van der Waals surface area contributed by atoms with Crippen molar-refractivity contribution >= 4 is 11.6 Å². The van der Waals surface area contributed by atoms with Crippen LogP contribution in [-0.2, 0) is 0 Å². The van der Waals surface area contributed by atoms with Crippen molar-refractivity contribution in [1.82, 2.24) is 9.97 Å². The third-order valence-corrected chi connectivity index (χ3v) is 3.75. The molecule has 1 aliphatic rings. The lowest BCUT2D eigenvalue weighted by molar-refractivity contribution is 0.293. The number of anilines is 2. The molecule has 0 spiro atoms. The SMILES string of the molecule is COc1c(NN)ncnc1NCC1CCCC(C)C1. The van der Waals surface area contributed by atoms with Gasteiger partial charge >= 0.3 is 0 Å². The van der Waals surface area contributed by atoms with E-state index in [0.29, 0.717) is 23.3 Å². The predicted molar refractivity (Wildman–Crippen MR) is 76.0 cm³/mol. The molecule has 0 aromatic carbocycles. The summed E-state index contributed by atoms with van der Waals surface area (Å²) < 4.78 is 5.30. The van der Waals surface area contributed by atoms with Crippen molar-refractivity contribution in [3.63, 3.8) is 0 Å². The van der Waals surface area contributed by atoms with Crippen molar-refractivity contribution < 1.29 is 4.74 Å². The van der Waals surface area contributed by atoms with Gasteiger partial charge in [0.25, 0.3) is 0 Å². The van der Waals surface area contributed by atoms with Crippen LogP contribution in [0.25, 0.3) is 0 Å². The van der Waals surface area contributed by atoms with E-state index in [4.69, 9.17) is 10.6 Å². The minimum absolute atomic E-state index is 0.497. The number of hydrogen-bond acceptors (Lipinski definition) is 6. The Morgan fingerprint density at radius 1 is 1.37 bits per heavy atom. The van der Waals surface area contributed by atoms with Crippen molar-refractivity contribution in [3.8, 4) is 5.75 Å². The van der Waals surface area contributed by atoms with Gasteiger partial charge in [-0.05, 0) is 24.7 Å². The maximum atomic E-state index is 5.40. The fourth-order valence-corrected chi connectivity index (χ4v) is 2.78. The Hall–Kier alpha value is -1.56. The highest BCUT2D eigenvalue weighted by Gasteiger charge is 2.19. The summed E-state index contributed by atoms with van der Waals surface area (Å²) in [5.41, 5.74) is 2.52. The van der Waals surface area contributed by atoms with Gasteiger partial charge in [-0.3, -0.25) is 0 Å². The number of nitrogens with one attached hydrogen (secondary N) is 2. The van der Waals surface area contributed by atoms with Gasteiger partial charge in [0, 0.05) is 6.54 Å². The highest BCUT2D eigenvalue weighted by Crippen LogP contribution is 2.31. The van der Waals surface area contributed by atoms with Crippen LogP contribution in [0.4, 0.5) is 11.6 Å². The van der Waals surface area contributed by atoms with Crippen LogP contribution in [0.15, 0.2) is 6.33 Å². The fraction of sp³-hybridized carbons (Fsp3) is 0.692. The standard InChI is InChI=1S/C13H23N5O/c1-9-4-3-5-10(6-9)7-15-12-11(19-2)13(18-14)17-8-16-12/h8-10H,3-7,14H2,1-2H3,(H2,15,16,17,18). The molecule has 2 atom stereocenters. The quantitative estimate of drug-likeness (QED) is 0.558. The molecule has 1 heterocycles. The topological polar surface area (TPSA) is 85.1 Å². The van der Waals surface area contributed by atoms with Gasteiger partial charge in [-0.1, -0.05) is 19.8 Å². The average molecular weight is 265 g/mol. The summed E-state index contributed by atoms with van der Waals surface area (Å²) in [5, 5.41) is 3.36. The zero-order chi connectivity index (χ0) is 13.7. The van der Waals surface area contributed by atoms with Gasteiger partial charge in [0.05, 0.1) is 7.11 Å². The maximum absolute atomic E-state index is 5.40. The summed E-state index contributed by atoms with van der Waals surface area (Å²) >= 11 is 0. The van der Waals surface area contributed by atoms with Gasteiger partial charge in [-0.25, -0.2) is 15.8 Å². The Morgan fingerprint density at radius 2 is 2.16 bits per heavy atom. The molecule has 106 valence electrons. The summed E-state index contributed by atoms with van der Waals surface area (Å²) in [6.07, 6.45) is 6.72. The molecule has 0 amide bonds. The zero-order valence-corrected chi connectivity index (χ0v) is 11.6. The summed E-state index contributed by atoms with van der Waals surface area (Å²) in [6.45, 7) is 3.25. The number of nitrogens with zero attached hydrogens (tertiary/aromatic N) is 2. The summed E-state index contributed by atoms with van der Waals surface area (Å²) in [5.74, 6) is 8.70. The molecular formula is C13H23N5O. The van der Waals surface area contributed by atoms with Crippen LogP contribution in [0.1, 0.15) is 32.6 Å². The number of ether oxygens (including phenoxy) is 1. The van der Waals surface area contributed by atoms with Crippen LogP contribution in [0, 0.1) is 11.8 Å². The molecule has 1 aliphatic carbocycles. The minimum atomic E-state index is 0.497. The second-order valence-corrected chi connectivity index (χ2v) is 5.27. The molecule has 0 aliphatic heterocycles. The van der Waals surface area contributed by atoms with Crippen molar-refractivity contribution in [2.24, 2.45) is 17.7 Å². The van der Waals surface area contributed by atoms with Crippen LogP contribution in [0.2, 0.25) is 0 Å². The Balaban J connectivity index is 1.99. The number of rotatable bonds is 5. The van der Waals surface area contributed by atoms with Crippen molar-refractivity contribution in [2.75, 3.05) is 24.4 Å². The first-order chi connectivity index (χ1) is 9.24. The molecule has 4 N–H and O–H groups in total.